The van der Waals surface area contributed by atoms with Crippen molar-refractivity contribution in [2.24, 2.45) is 0 Å². The van der Waals surface area contributed by atoms with Gasteiger partial charge in [0, 0.05) is 32.8 Å². The van der Waals surface area contributed by atoms with E-state index >= 15 is 0 Å². The average molecular weight is 265 g/mol. The van der Waals surface area contributed by atoms with Crippen LogP contribution in [-0.4, -0.2) is 65.0 Å². The number of nitrogens with one attached hydrogen (secondary N) is 2. The molecule has 0 spiro atoms. The fourth-order valence-corrected chi connectivity index (χ4v) is 1.94. The molecule has 0 unspecified atom stereocenters. The summed E-state index contributed by atoms with van der Waals surface area (Å²) in [6.45, 7) is 2.96. The second kappa shape index (κ2) is 6.77. The predicted octanol–water partition coefficient (Wildman–Crippen LogP) is -1.03. The highest BCUT2D eigenvalue weighted by Gasteiger charge is 2.14. The van der Waals surface area contributed by atoms with Gasteiger partial charge in [-0.25, -0.2) is 17.9 Å². The zero-order valence-corrected chi connectivity index (χ0v) is 10.8. The number of carbonyl (C=O) groups is 1. The first-order valence-electron chi connectivity index (χ1n) is 5.54. The lowest BCUT2D eigenvalue weighted by Crippen LogP contribution is -2.43. The van der Waals surface area contributed by atoms with Gasteiger partial charge in [-0.3, -0.25) is 0 Å². The molecule has 0 bridgehead atoms. The second-order valence-corrected chi connectivity index (χ2v) is 5.68. The minimum absolute atomic E-state index is 0.175. The van der Waals surface area contributed by atoms with Gasteiger partial charge in [0.05, 0.1) is 12.9 Å². The maximum absolute atomic E-state index is 11.7. The summed E-state index contributed by atoms with van der Waals surface area (Å²) in [4.78, 5) is 13.3. The Labute approximate surface area is 102 Å². The van der Waals surface area contributed by atoms with Crippen LogP contribution >= 0.6 is 0 Å². The van der Waals surface area contributed by atoms with E-state index in [0.29, 0.717) is 26.3 Å². The summed E-state index contributed by atoms with van der Waals surface area (Å²) in [7, 11) is -3.19. The molecule has 1 saturated heterocycles. The van der Waals surface area contributed by atoms with Crippen LogP contribution in [-0.2, 0) is 14.8 Å². The first kappa shape index (κ1) is 14.2. The maximum atomic E-state index is 11.7. The van der Waals surface area contributed by atoms with Crippen molar-refractivity contribution in [2.75, 3.05) is 45.6 Å². The largest absolute Gasteiger partial charge is 0.380 e. The highest BCUT2D eigenvalue weighted by molar-refractivity contribution is 7.88. The van der Waals surface area contributed by atoms with Gasteiger partial charge in [0.1, 0.15) is 0 Å². The summed E-state index contributed by atoms with van der Waals surface area (Å²) in [5.74, 6) is 0. The molecule has 17 heavy (non-hydrogen) atoms. The van der Waals surface area contributed by atoms with E-state index in [1.807, 2.05) is 0 Å². The summed E-state index contributed by atoms with van der Waals surface area (Å²) in [5.41, 5.74) is 0. The van der Waals surface area contributed by atoms with Crippen molar-refractivity contribution >= 4 is 16.1 Å². The molecule has 0 aromatic carbocycles. The fraction of sp³-hybridized carbons (Fsp3) is 0.889. The highest BCUT2D eigenvalue weighted by Crippen LogP contribution is 1.98. The van der Waals surface area contributed by atoms with Gasteiger partial charge in [-0.05, 0) is 6.42 Å². The molecule has 1 rings (SSSR count). The highest BCUT2D eigenvalue weighted by atomic mass is 32.2. The third-order valence-electron chi connectivity index (χ3n) is 2.27. The van der Waals surface area contributed by atoms with Crippen LogP contribution in [0.1, 0.15) is 6.42 Å². The van der Waals surface area contributed by atoms with Crippen LogP contribution in [0.25, 0.3) is 0 Å². The molecule has 0 atom stereocenters. The van der Waals surface area contributed by atoms with Crippen LogP contribution in [0.3, 0.4) is 0 Å². The molecular weight excluding hydrogens is 246 g/mol. The quantitative estimate of drug-likeness (QED) is 0.636. The van der Waals surface area contributed by atoms with Gasteiger partial charge in [-0.15, -0.1) is 0 Å². The zero-order chi connectivity index (χ0) is 12.7. The molecule has 1 fully saturated rings. The first-order chi connectivity index (χ1) is 7.99. The van der Waals surface area contributed by atoms with E-state index in [1.54, 1.807) is 4.90 Å². The van der Waals surface area contributed by atoms with Crippen molar-refractivity contribution in [3.05, 3.63) is 0 Å². The number of carbonyl (C=O) groups excluding carboxylic acids is 1. The standard InChI is InChI=1S/C9H19N3O4S/c1-17(14,15)11-4-3-10-9(13)12-5-2-7-16-8-6-12/h11H,2-8H2,1H3,(H,10,13). The van der Waals surface area contributed by atoms with Gasteiger partial charge in [0.2, 0.25) is 10.0 Å². The molecule has 0 saturated carbocycles. The van der Waals surface area contributed by atoms with Gasteiger partial charge in [-0.2, -0.15) is 0 Å². The van der Waals surface area contributed by atoms with Crippen molar-refractivity contribution in [3.63, 3.8) is 0 Å². The molecule has 2 N–H and O–H groups in total. The van der Waals surface area contributed by atoms with E-state index in [1.165, 1.54) is 0 Å². The molecule has 7 nitrogen and oxygen atoms in total. The minimum Gasteiger partial charge on any atom is -0.380 e. The lowest BCUT2D eigenvalue weighted by atomic mass is 10.4. The molecule has 1 aliphatic rings. The molecule has 100 valence electrons. The Morgan fingerprint density at radius 2 is 2.06 bits per heavy atom. The van der Waals surface area contributed by atoms with E-state index < -0.39 is 10.0 Å². The molecule has 0 aromatic rings. The Bertz CT molecular complexity index is 336. The van der Waals surface area contributed by atoms with Crippen molar-refractivity contribution in [1.82, 2.24) is 14.9 Å². The number of hydrogen-bond donors (Lipinski definition) is 2. The van der Waals surface area contributed by atoms with E-state index in [0.717, 1.165) is 12.7 Å². The zero-order valence-electron chi connectivity index (χ0n) is 9.94. The number of amides is 2. The summed E-state index contributed by atoms with van der Waals surface area (Å²) in [6.07, 6.45) is 1.91. The molecule has 1 heterocycles. The number of hydrogen-bond acceptors (Lipinski definition) is 4. The Hall–Kier alpha value is -0.860. The van der Waals surface area contributed by atoms with E-state index in [2.05, 4.69) is 10.0 Å². The first-order valence-corrected chi connectivity index (χ1v) is 7.43. The van der Waals surface area contributed by atoms with Gasteiger partial charge in [0.15, 0.2) is 0 Å². The van der Waals surface area contributed by atoms with Crippen molar-refractivity contribution < 1.29 is 17.9 Å². The Morgan fingerprint density at radius 3 is 2.76 bits per heavy atom. The SMILES string of the molecule is CS(=O)(=O)NCCNC(=O)N1CCCOCC1. The summed E-state index contributed by atoms with van der Waals surface area (Å²) in [5, 5.41) is 2.66. The van der Waals surface area contributed by atoms with Gasteiger partial charge < -0.3 is 15.0 Å². The Morgan fingerprint density at radius 1 is 1.29 bits per heavy atom. The third kappa shape index (κ3) is 6.44. The van der Waals surface area contributed by atoms with Crippen LogP contribution in [0.4, 0.5) is 4.79 Å². The smallest absolute Gasteiger partial charge is 0.317 e. The number of ether oxygens (including phenoxy) is 1. The van der Waals surface area contributed by atoms with Gasteiger partial charge in [0.25, 0.3) is 0 Å². The predicted molar refractivity (Wildman–Crippen MR) is 63.3 cm³/mol. The number of sulfonamides is 1. The molecule has 2 amide bonds. The number of nitrogens with zero attached hydrogens (tertiary/aromatic N) is 1. The van der Waals surface area contributed by atoms with Crippen LogP contribution in [0.5, 0.6) is 0 Å². The monoisotopic (exact) mass is 265 g/mol. The van der Waals surface area contributed by atoms with E-state index in [-0.39, 0.29) is 19.1 Å². The lowest BCUT2D eigenvalue weighted by Gasteiger charge is -2.20. The second-order valence-electron chi connectivity index (χ2n) is 3.85. The van der Waals surface area contributed by atoms with Crippen LogP contribution in [0, 0.1) is 0 Å². The third-order valence-corrected chi connectivity index (χ3v) is 3.00. The molecule has 0 aromatic heterocycles. The van der Waals surface area contributed by atoms with Gasteiger partial charge in [-0.1, -0.05) is 0 Å². The van der Waals surface area contributed by atoms with Crippen molar-refractivity contribution in [2.45, 2.75) is 6.42 Å². The van der Waals surface area contributed by atoms with E-state index in [9.17, 15) is 13.2 Å². The maximum Gasteiger partial charge on any atom is 0.317 e. The topological polar surface area (TPSA) is 87.7 Å². The normalized spacial score (nSPS) is 17.6. The molecule has 8 heteroatoms. The van der Waals surface area contributed by atoms with Crippen molar-refractivity contribution in [3.8, 4) is 0 Å². The summed E-state index contributed by atoms with van der Waals surface area (Å²) >= 11 is 0. The minimum atomic E-state index is -3.19. The lowest BCUT2D eigenvalue weighted by molar-refractivity contribution is 0.142. The number of rotatable bonds is 4. The summed E-state index contributed by atoms with van der Waals surface area (Å²) in [6, 6.07) is -0.175. The molecule has 0 radical (unpaired) electrons. The van der Waals surface area contributed by atoms with Crippen LogP contribution < -0.4 is 10.0 Å². The Kier molecular flexibility index (Phi) is 5.66. The molecule has 0 aliphatic carbocycles. The van der Waals surface area contributed by atoms with Crippen molar-refractivity contribution in [1.29, 1.82) is 0 Å². The van der Waals surface area contributed by atoms with Gasteiger partial charge >= 0.3 is 6.03 Å². The molecular formula is C9H19N3O4S. The van der Waals surface area contributed by atoms with Crippen LogP contribution in [0.15, 0.2) is 0 Å². The molecule has 1 aliphatic heterocycles. The van der Waals surface area contributed by atoms with E-state index in [4.69, 9.17) is 4.74 Å². The average Bonchev–Trinajstić information content (AvgIpc) is 2.51. The number of urea groups is 1. The Balaban J connectivity index is 2.19. The van der Waals surface area contributed by atoms with Crippen LogP contribution in [0.2, 0.25) is 0 Å². The summed E-state index contributed by atoms with van der Waals surface area (Å²) < 4.78 is 29.1. The fourth-order valence-electron chi connectivity index (χ4n) is 1.47.